The zero-order valence-electron chi connectivity index (χ0n) is 13.3. The maximum absolute atomic E-state index is 10.8. The van der Waals surface area contributed by atoms with Crippen LogP contribution in [0.3, 0.4) is 0 Å². The van der Waals surface area contributed by atoms with Gasteiger partial charge in [0.25, 0.3) is 5.69 Å². The van der Waals surface area contributed by atoms with Crippen LogP contribution in [0.25, 0.3) is 0 Å². The first-order valence-corrected chi connectivity index (χ1v) is 8.38. The molecule has 0 amide bonds. The molecule has 0 spiro atoms. The predicted octanol–water partition coefficient (Wildman–Crippen LogP) is 3.77. The number of nitro benzene ring substituents is 1. The van der Waals surface area contributed by atoms with E-state index < -0.39 is 4.92 Å². The van der Waals surface area contributed by atoms with Crippen LogP contribution in [0.15, 0.2) is 48.5 Å². The van der Waals surface area contributed by atoms with Gasteiger partial charge in [-0.05, 0) is 36.1 Å². The second-order valence-electron chi connectivity index (χ2n) is 6.26. The molecule has 24 heavy (non-hydrogen) atoms. The molecule has 1 aliphatic heterocycles. The second-order valence-corrected chi connectivity index (χ2v) is 6.67. The highest BCUT2D eigenvalue weighted by molar-refractivity contribution is 6.31. The number of hydrogen-bond donors (Lipinski definition) is 1. The standard InChI is InChI=1S/C18H20ClN3O2/c19-17-10-15(22(23)24)6-7-16(17)18(20)14-8-9-21(12-14)11-13-4-2-1-3-5-13/h1-7,10,14,18H,8-9,11-12,20H2. The van der Waals surface area contributed by atoms with E-state index in [-0.39, 0.29) is 11.7 Å². The highest BCUT2D eigenvalue weighted by Crippen LogP contribution is 2.34. The fourth-order valence-corrected chi connectivity index (χ4v) is 3.60. The number of rotatable bonds is 5. The van der Waals surface area contributed by atoms with Crippen molar-refractivity contribution >= 4 is 17.3 Å². The average Bonchev–Trinajstić information content (AvgIpc) is 3.03. The SMILES string of the molecule is NC(c1ccc([N+](=O)[O-])cc1Cl)C1CCN(Cc2ccccc2)C1. The van der Waals surface area contributed by atoms with Crippen LogP contribution < -0.4 is 5.73 Å². The normalized spacial score (nSPS) is 19.3. The van der Waals surface area contributed by atoms with Crippen molar-refractivity contribution in [1.82, 2.24) is 4.90 Å². The summed E-state index contributed by atoms with van der Waals surface area (Å²) in [5, 5.41) is 11.2. The minimum absolute atomic E-state index is 0.00641. The summed E-state index contributed by atoms with van der Waals surface area (Å²) in [4.78, 5) is 12.8. The van der Waals surface area contributed by atoms with Crippen LogP contribution in [-0.2, 0) is 6.54 Å². The van der Waals surface area contributed by atoms with Gasteiger partial charge in [-0.1, -0.05) is 41.9 Å². The summed E-state index contributed by atoms with van der Waals surface area (Å²) in [6, 6.07) is 14.7. The summed E-state index contributed by atoms with van der Waals surface area (Å²) in [6.07, 6.45) is 1.00. The molecule has 1 saturated heterocycles. The lowest BCUT2D eigenvalue weighted by Crippen LogP contribution is -2.26. The van der Waals surface area contributed by atoms with E-state index in [0.29, 0.717) is 10.9 Å². The minimum atomic E-state index is -0.446. The monoisotopic (exact) mass is 345 g/mol. The molecule has 0 radical (unpaired) electrons. The molecule has 6 heteroatoms. The molecular weight excluding hydrogens is 326 g/mol. The lowest BCUT2D eigenvalue weighted by atomic mass is 9.93. The van der Waals surface area contributed by atoms with Crippen LogP contribution in [0.2, 0.25) is 5.02 Å². The van der Waals surface area contributed by atoms with E-state index in [9.17, 15) is 10.1 Å². The van der Waals surface area contributed by atoms with E-state index in [1.165, 1.54) is 17.7 Å². The van der Waals surface area contributed by atoms with Gasteiger partial charge in [-0.25, -0.2) is 0 Å². The van der Waals surface area contributed by atoms with Gasteiger partial charge in [0.2, 0.25) is 0 Å². The number of non-ortho nitro benzene ring substituents is 1. The van der Waals surface area contributed by atoms with Gasteiger partial charge in [0, 0.05) is 31.3 Å². The fraction of sp³-hybridized carbons (Fsp3) is 0.333. The lowest BCUT2D eigenvalue weighted by Gasteiger charge is -2.21. The molecule has 1 heterocycles. The van der Waals surface area contributed by atoms with Crippen molar-refractivity contribution < 1.29 is 4.92 Å². The number of nitro groups is 1. The number of nitrogens with zero attached hydrogens (tertiary/aromatic N) is 2. The van der Waals surface area contributed by atoms with Crippen molar-refractivity contribution in [3.8, 4) is 0 Å². The van der Waals surface area contributed by atoms with Gasteiger partial charge in [0.15, 0.2) is 0 Å². The molecule has 2 unspecified atom stereocenters. The third-order valence-electron chi connectivity index (χ3n) is 4.62. The molecule has 3 rings (SSSR count). The Labute approximate surface area is 146 Å². The summed E-state index contributed by atoms with van der Waals surface area (Å²) in [5.74, 6) is 0.299. The van der Waals surface area contributed by atoms with E-state index in [4.69, 9.17) is 17.3 Å². The first-order chi connectivity index (χ1) is 11.5. The Morgan fingerprint density at radius 1 is 1.29 bits per heavy atom. The van der Waals surface area contributed by atoms with Crippen molar-refractivity contribution in [3.05, 3.63) is 74.8 Å². The summed E-state index contributed by atoms with van der Waals surface area (Å²) >= 11 is 6.21. The molecule has 2 aromatic rings. The zero-order valence-corrected chi connectivity index (χ0v) is 14.0. The number of hydrogen-bond acceptors (Lipinski definition) is 4. The molecule has 2 N–H and O–H groups in total. The van der Waals surface area contributed by atoms with Gasteiger partial charge >= 0.3 is 0 Å². The summed E-state index contributed by atoms with van der Waals surface area (Å²) < 4.78 is 0. The molecule has 126 valence electrons. The molecular formula is C18H20ClN3O2. The van der Waals surface area contributed by atoms with E-state index in [2.05, 4.69) is 17.0 Å². The lowest BCUT2D eigenvalue weighted by molar-refractivity contribution is -0.384. The van der Waals surface area contributed by atoms with Crippen molar-refractivity contribution in [2.24, 2.45) is 11.7 Å². The highest BCUT2D eigenvalue weighted by atomic mass is 35.5. The summed E-state index contributed by atoms with van der Waals surface area (Å²) in [7, 11) is 0. The predicted molar refractivity (Wildman–Crippen MR) is 94.9 cm³/mol. The first-order valence-electron chi connectivity index (χ1n) is 8.00. The maximum Gasteiger partial charge on any atom is 0.270 e. The third-order valence-corrected chi connectivity index (χ3v) is 4.95. The highest BCUT2D eigenvalue weighted by Gasteiger charge is 2.29. The van der Waals surface area contributed by atoms with E-state index >= 15 is 0 Å². The topological polar surface area (TPSA) is 72.4 Å². The molecule has 0 aliphatic carbocycles. The Balaban J connectivity index is 1.66. The van der Waals surface area contributed by atoms with Crippen LogP contribution in [0, 0.1) is 16.0 Å². The largest absolute Gasteiger partial charge is 0.324 e. The molecule has 5 nitrogen and oxygen atoms in total. The Morgan fingerprint density at radius 2 is 2.04 bits per heavy atom. The van der Waals surface area contributed by atoms with Gasteiger partial charge in [-0.3, -0.25) is 15.0 Å². The van der Waals surface area contributed by atoms with Gasteiger partial charge in [0.05, 0.1) is 9.95 Å². The van der Waals surface area contributed by atoms with Crippen LogP contribution in [-0.4, -0.2) is 22.9 Å². The fourth-order valence-electron chi connectivity index (χ4n) is 3.29. The zero-order chi connectivity index (χ0) is 17.1. The third kappa shape index (κ3) is 3.75. The Kier molecular flexibility index (Phi) is 5.14. The van der Waals surface area contributed by atoms with Gasteiger partial charge in [0.1, 0.15) is 0 Å². The molecule has 0 saturated carbocycles. The van der Waals surface area contributed by atoms with Crippen LogP contribution in [0.5, 0.6) is 0 Å². The summed E-state index contributed by atoms with van der Waals surface area (Å²) in [6.45, 7) is 2.82. The van der Waals surface area contributed by atoms with Crippen molar-refractivity contribution in [2.75, 3.05) is 13.1 Å². The van der Waals surface area contributed by atoms with Crippen molar-refractivity contribution in [3.63, 3.8) is 0 Å². The molecule has 0 bridgehead atoms. The van der Waals surface area contributed by atoms with E-state index in [1.807, 2.05) is 18.2 Å². The first kappa shape index (κ1) is 16.9. The number of nitrogens with two attached hydrogens (primary N) is 1. The smallest absolute Gasteiger partial charge is 0.270 e. The van der Waals surface area contributed by atoms with Crippen molar-refractivity contribution in [1.29, 1.82) is 0 Å². The van der Waals surface area contributed by atoms with Crippen LogP contribution in [0.1, 0.15) is 23.6 Å². The number of halogens is 1. The number of likely N-dealkylation sites (tertiary alicyclic amines) is 1. The Hall–Kier alpha value is -1.95. The quantitative estimate of drug-likeness (QED) is 0.661. The average molecular weight is 346 g/mol. The van der Waals surface area contributed by atoms with Gasteiger partial charge in [-0.2, -0.15) is 0 Å². The van der Waals surface area contributed by atoms with E-state index in [1.54, 1.807) is 6.07 Å². The second kappa shape index (κ2) is 7.30. The summed E-state index contributed by atoms with van der Waals surface area (Å²) in [5.41, 5.74) is 8.47. The Morgan fingerprint density at radius 3 is 2.71 bits per heavy atom. The van der Waals surface area contributed by atoms with E-state index in [0.717, 1.165) is 31.6 Å². The van der Waals surface area contributed by atoms with Gasteiger partial charge in [-0.15, -0.1) is 0 Å². The molecule has 1 fully saturated rings. The number of benzene rings is 2. The maximum atomic E-state index is 10.8. The van der Waals surface area contributed by atoms with Crippen LogP contribution >= 0.6 is 11.6 Å². The molecule has 1 aliphatic rings. The Bertz CT molecular complexity index is 723. The molecule has 0 aromatic heterocycles. The molecule has 2 aromatic carbocycles. The van der Waals surface area contributed by atoms with Crippen molar-refractivity contribution in [2.45, 2.75) is 19.0 Å². The molecule has 2 atom stereocenters. The van der Waals surface area contributed by atoms with Gasteiger partial charge < -0.3 is 5.73 Å². The van der Waals surface area contributed by atoms with Crippen LogP contribution in [0.4, 0.5) is 5.69 Å². The minimum Gasteiger partial charge on any atom is -0.324 e.